The van der Waals surface area contributed by atoms with Crippen molar-refractivity contribution in [3.8, 4) is 11.3 Å². The van der Waals surface area contributed by atoms with E-state index in [0.717, 1.165) is 46.5 Å². The molecule has 1 aromatic heterocycles. The van der Waals surface area contributed by atoms with Crippen LogP contribution in [0.15, 0.2) is 66.4 Å². The molecule has 0 radical (unpaired) electrons. The molecule has 1 aliphatic rings. The van der Waals surface area contributed by atoms with Crippen molar-refractivity contribution in [2.75, 3.05) is 13.1 Å². The number of fused-ring (bicyclic) bond motifs is 1. The molecule has 0 bridgehead atoms. The molecule has 0 spiro atoms. The molecule has 4 rings (SSSR count). The number of rotatable bonds is 4. The van der Waals surface area contributed by atoms with E-state index in [1.54, 1.807) is 0 Å². The number of nitrogens with one attached hydrogen (secondary N) is 1. The van der Waals surface area contributed by atoms with Gasteiger partial charge in [-0.25, -0.2) is 0 Å². The highest BCUT2D eigenvalue weighted by molar-refractivity contribution is 6.18. The van der Waals surface area contributed by atoms with E-state index in [9.17, 15) is 4.79 Å². The number of likely N-dealkylation sites (tertiary alicyclic amines) is 1. The van der Waals surface area contributed by atoms with Crippen LogP contribution in [0.25, 0.3) is 22.2 Å². The Morgan fingerprint density at radius 3 is 2.42 bits per heavy atom. The quantitative estimate of drug-likeness (QED) is 0.507. The van der Waals surface area contributed by atoms with Gasteiger partial charge in [0.1, 0.15) is 0 Å². The minimum atomic E-state index is 0.0735. The highest BCUT2D eigenvalue weighted by Gasteiger charge is 2.19. The van der Waals surface area contributed by atoms with Crippen molar-refractivity contribution in [2.24, 2.45) is 0 Å². The van der Waals surface area contributed by atoms with Gasteiger partial charge in [-0.05, 0) is 37.8 Å². The number of para-hydroxylation sites is 1. The number of carbonyl (C=O) groups excluding carboxylic acids is 1. The molecule has 0 saturated carbocycles. The molecule has 3 aromatic rings. The smallest absolute Gasteiger partial charge is 0.190 e. The SMILES string of the molecule is C/C(=C/C(=O)c1c(-c2ccccc2)[nH]c2ccccc12)N1CCCCC1. The molecule has 2 heterocycles. The van der Waals surface area contributed by atoms with Crippen molar-refractivity contribution in [1.29, 1.82) is 0 Å². The molecule has 3 nitrogen and oxygen atoms in total. The number of aromatic amines is 1. The first-order chi connectivity index (χ1) is 12.7. The van der Waals surface area contributed by atoms with Crippen LogP contribution in [0.5, 0.6) is 0 Å². The Morgan fingerprint density at radius 2 is 1.65 bits per heavy atom. The lowest BCUT2D eigenvalue weighted by Crippen LogP contribution is -2.28. The zero-order valence-corrected chi connectivity index (χ0v) is 15.2. The summed E-state index contributed by atoms with van der Waals surface area (Å²) in [6.45, 7) is 4.16. The van der Waals surface area contributed by atoms with Gasteiger partial charge in [0.2, 0.25) is 0 Å². The Labute approximate surface area is 154 Å². The second-order valence-corrected chi connectivity index (χ2v) is 6.98. The zero-order chi connectivity index (χ0) is 17.9. The van der Waals surface area contributed by atoms with E-state index in [2.05, 4.69) is 16.8 Å². The van der Waals surface area contributed by atoms with E-state index in [1.165, 1.54) is 19.3 Å². The number of carbonyl (C=O) groups is 1. The first kappa shape index (κ1) is 16.6. The lowest BCUT2D eigenvalue weighted by molar-refractivity contribution is 0.104. The van der Waals surface area contributed by atoms with Crippen LogP contribution in [0.2, 0.25) is 0 Å². The maximum Gasteiger partial charge on any atom is 0.190 e. The number of benzene rings is 2. The average Bonchev–Trinajstić information content (AvgIpc) is 3.09. The summed E-state index contributed by atoms with van der Waals surface area (Å²) in [6, 6.07) is 18.1. The first-order valence-electron chi connectivity index (χ1n) is 9.38. The van der Waals surface area contributed by atoms with Crippen LogP contribution in [-0.2, 0) is 0 Å². The molecule has 1 fully saturated rings. The van der Waals surface area contributed by atoms with Crippen LogP contribution >= 0.6 is 0 Å². The van der Waals surface area contributed by atoms with Gasteiger partial charge in [0, 0.05) is 35.8 Å². The highest BCUT2D eigenvalue weighted by Crippen LogP contribution is 2.31. The Bertz CT molecular complexity index is 947. The van der Waals surface area contributed by atoms with Gasteiger partial charge in [0.25, 0.3) is 0 Å². The van der Waals surface area contributed by atoms with Crippen molar-refractivity contribution in [3.63, 3.8) is 0 Å². The third-order valence-corrected chi connectivity index (χ3v) is 5.21. The second-order valence-electron chi connectivity index (χ2n) is 6.98. The normalized spacial score (nSPS) is 15.4. The number of H-pyrrole nitrogens is 1. The number of allylic oxidation sites excluding steroid dienone is 2. The number of piperidine rings is 1. The van der Waals surface area contributed by atoms with Gasteiger partial charge in [0.15, 0.2) is 5.78 Å². The van der Waals surface area contributed by atoms with Crippen molar-refractivity contribution in [3.05, 3.63) is 71.9 Å². The molecular formula is C23H24N2O. The summed E-state index contributed by atoms with van der Waals surface area (Å²) < 4.78 is 0. The van der Waals surface area contributed by atoms with Crippen molar-refractivity contribution in [1.82, 2.24) is 9.88 Å². The van der Waals surface area contributed by atoms with E-state index < -0.39 is 0 Å². The molecule has 3 heteroatoms. The van der Waals surface area contributed by atoms with Gasteiger partial charge in [-0.2, -0.15) is 0 Å². The average molecular weight is 344 g/mol. The highest BCUT2D eigenvalue weighted by atomic mass is 16.1. The summed E-state index contributed by atoms with van der Waals surface area (Å²) in [5, 5.41) is 0.985. The summed E-state index contributed by atoms with van der Waals surface area (Å²) in [5.41, 5.74) is 4.77. The lowest BCUT2D eigenvalue weighted by Gasteiger charge is -2.29. The number of aromatic nitrogens is 1. The summed E-state index contributed by atoms with van der Waals surface area (Å²) in [5.74, 6) is 0.0735. The third kappa shape index (κ3) is 3.17. The maximum absolute atomic E-state index is 13.2. The van der Waals surface area contributed by atoms with E-state index in [4.69, 9.17) is 0 Å². The van der Waals surface area contributed by atoms with Crippen LogP contribution in [0.4, 0.5) is 0 Å². The fourth-order valence-electron chi connectivity index (χ4n) is 3.82. The standard InChI is InChI=1S/C23H24N2O/c1-17(25-14-8-3-9-15-25)16-21(26)22-19-12-6-7-13-20(19)24-23(22)18-10-4-2-5-11-18/h2,4-7,10-13,16,24H,3,8-9,14-15H2,1H3/b17-16-. The first-order valence-corrected chi connectivity index (χ1v) is 9.38. The monoisotopic (exact) mass is 344 g/mol. The molecule has 26 heavy (non-hydrogen) atoms. The van der Waals surface area contributed by atoms with E-state index in [-0.39, 0.29) is 5.78 Å². The predicted molar refractivity (Wildman–Crippen MR) is 107 cm³/mol. The van der Waals surface area contributed by atoms with E-state index >= 15 is 0 Å². The van der Waals surface area contributed by atoms with Gasteiger partial charge in [-0.15, -0.1) is 0 Å². The van der Waals surface area contributed by atoms with Crippen molar-refractivity contribution in [2.45, 2.75) is 26.2 Å². The van der Waals surface area contributed by atoms with Crippen LogP contribution in [0.1, 0.15) is 36.5 Å². The molecular weight excluding hydrogens is 320 g/mol. The minimum absolute atomic E-state index is 0.0735. The Hall–Kier alpha value is -2.81. The number of nitrogens with zero attached hydrogens (tertiary/aromatic N) is 1. The largest absolute Gasteiger partial charge is 0.375 e. The minimum Gasteiger partial charge on any atom is -0.375 e. The fraction of sp³-hybridized carbons (Fsp3) is 0.261. The van der Waals surface area contributed by atoms with Gasteiger partial charge < -0.3 is 9.88 Å². The molecule has 0 unspecified atom stereocenters. The number of ketones is 1. The third-order valence-electron chi connectivity index (χ3n) is 5.21. The molecule has 0 atom stereocenters. The molecule has 0 amide bonds. The maximum atomic E-state index is 13.2. The Morgan fingerprint density at radius 1 is 0.962 bits per heavy atom. The molecule has 1 aliphatic heterocycles. The molecule has 2 aromatic carbocycles. The summed E-state index contributed by atoms with van der Waals surface area (Å²) in [4.78, 5) is 19.0. The van der Waals surface area contributed by atoms with Gasteiger partial charge >= 0.3 is 0 Å². The van der Waals surface area contributed by atoms with E-state index in [0.29, 0.717) is 0 Å². The Balaban J connectivity index is 1.78. The van der Waals surface area contributed by atoms with Gasteiger partial charge in [0.05, 0.1) is 11.3 Å². The summed E-state index contributed by atoms with van der Waals surface area (Å²) in [6.07, 6.45) is 5.52. The summed E-state index contributed by atoms with van der Waals surface area (Å²) >= 11 is 0. The lowest BCUT2D eigenvalue weighted by atomic mass is 10.0. The predicted octanol–water partition coefficient (Wildman–Crippen LogP) is 5.41. The zero-order valence-electron chi connectivity index (χ0n) is 15.2. The van der Waals surface area contributed by atoms with Crippen molar-refractivity contribution >= 4 is 16.7 Å². The Kier molecular flexibility index (Phi) is 4.61. The molecule has 1 N–H and O–H groups in total. The van der Waals surface area contributed by atoms with Gasteiger partial charge in [-0.1, -0.05) is 48.5 Å². The number of hydrogen-bond donors (Lipinski definition) is 1. The van der Waals surface area contributed by atoms with Crippen LogP contribution in [0, 0.1) is 0 Å². The fourth-order valence-corrected chi connectivity index (χ4v) is 3.82. The topological polar surface area (TPSA) is 36.1 Å². The van der Waals surface area contributed by atoms with Crippen molar-refractivity contribution < 1.29 is 4.79 Å². The molecule has 0 aliphatic carbocycles. The van der Waals surface area contributed by atoms with Crippen LogP contribution in [-0.4, -0.2) is 28.8 Å². The van der Waals surface area contributed by atoms with E-state index in [1.807, 2.05) is 60.7 Å². The molecule has 132 valence electrons. The second kappa shape index (κ2) is 7.20. The van der Waals surface area contributed by atoms with Crippen LogP contribution in [0.3, 0.4) is 0 Å². The van der Waals surface area contributed by atoms with Crippen LogP contribution < -0.4 is 0 Å². The van der Waals surface area contributed by atoms with Gasteiger partial charge in [-0.3, -0.25) is 4.79 Å². The summed E-state index contributed by atoms with van der Waals surface area (Å²) in [7, 11) is 0. The number of hydrogen-bond acceptors (Lipinski definition) is 2. The molecule has 1 saturated heterocycles.